The highest BCUT2D eigenvalue weighted by Gasteiger charge is 2.34. The molecule has 0 saturated heterocycles. The van der Waals surface area contributed by atoms with Crippen molar-refractivity contribution in [2.24, 2.45) is 0 Å². The summed E-state index contributed by atoms with van der Waals surface area (Å²) in [5.74, 6) is -0.685. The summed E-state index contributed by atoms with van der Waals surface area (Å²) in [4.78, 5) is 18.4. The molecule has 3 rings (SSSR count). The van der Waals surface area contributed by atoms with Gasteiger partial charge in [-0.3, -0.25) is 4.79 Å². The molecule has 26 heavy (non-hydrogen) atoms. The predicted octanol–water partition coefficient (Wildman–Crippen LogP) is 4.52. The van der Waals surface area contributed by atoms with Crippen LogP contribution in [0.15, 0.2) is 49.9 Å². The molecule has 0 fully saturated rings. The average Bonchev–Trinajstić information content (AvgIpc) is 3.10. The van der Waals surface area contributed by atoms with E-state index in [9.17, 15) is 13.6 Å². The molecule has 0 bridgehead atoms. The Hall–Kier alpha value is -2.96. The summed E-state index contributed by atoms with van der Waals surface area (Å²) in [6.45, 7) is 6.99. The lowest BCUT2D eigenvalue weighted by atomic mass is 9.87. The Labute approximate surface area is 150 Å². The zero-order valence-corrected chi connectivity index (χ0v) is 14.1. The van der Waals surface area contributed by atoms with Crippen LogP contribution in [-0.2, 0) is 11.3 Å². The van der Waals surface area contributed by atoms with Crippen LogP contribution in [0.4, 0.5) is 8.78 Å². The van der Waals surface area contributed by atoms with Crippen LogP contribution in [0.5, 0.6) is 0 Å². The van der Waals surface area contributed by atoms with E-state index < -0.39 is 18.0 Å². The molecule has 0 radical (unpaired) electrons. The number of hydroxylamine groups is 2. The van der Waals surface area contributed by atoms with Crippen LogP contribution in [0.25, 0.3) is 6.20 Å². The molecule has 1 aliphatic rings. The van der Waals surface area contributed by atoms with E-state index in [1.54, 1.807) is 0 Å². The zero-order valence-electron chi connectivity index (χ0n) is 14.1. The summed E-state index contributed by atoms with van der Waals surface area (Å²) in [6, 6.07) is 7.35. The number of halogens is 2. The number of rotatable bonds is 6. The highest BCUT2D eigenvalue weighted by Crippen LogP contribution is 2.36. The Balaban J connectivity index is 2.02. The standard InChI is InChI=1S/C19H19F2N3O2/c1-3-23-12-15(17(22-23)18(20)21)19(25)24(26-4-2)16-11-7-9-13-8-5-6-10-14(13)16/h3-6,8,10,12,16,18H,1-2,7,9,11H2. The van der Waals surface area contributed by atoms with Gasteiger partial charge in [-0.25, -0.2) is 13.5 Å². The lowest BCUT2D eigenvalue weighted by molar-refractivity contribution is -0.104. The number of carbonyl (C=O) groups excluding carboxylic acids is 1. The molecule has 1 aromatic carbocycles. The largest absolute Gasteiger partial charge is 0.384 e. The fourth-order valence-corrected chi connectivity index (χ4v) is 3.26. The monoisotopic (exact) mass is 359 g/mol. The molecular weight excluding hydrogens is 340 g/mol. The molecule has 1 heterocycles. The van der Waals surface area contributed by atoms with Crippen LogP contribution in [0.2, 0.25) is 0 Å². The third kappa shape index (κ3) is 3.24. The number of fused-ring (bicyclic) bond motifs is 1. The Morgan fingerprint density at radius 2 is 2.15 bits per heavy atom. The first-order chi connectivity index (χ1) is 12.6. The van der Waals surface area contributed by atoms with Gasteiger partial charge in [0.2, 0.25) is 0 Å². The van der Waals surface area contributed by atoms with Crippen molar-refractivity contribution in [3.63, 3.8) is 0 Å². The Bertz CT molecular complexity index is 832. The van der Waals surface area contributed by atoms with Crippen LogP contribution in [0.1, 0.15) is 52.5 Å². The van der Waals surface area contributed by atoms with Crippen molar-refractivity contribution >= 4 is 12.1 Å². The van der Waals surface area contributed by atoms with Gasteiger partial charge in [-0.15, -0.1) is 0 Å². The van der Waals surface area contributed by atoms with E-state index in [1.165, 1.54) is 12.4 Å². The van der Waals surface area contributed by atoms with E-state index in [0.29, 0.717) is 6.42 Å². The predicted molar refractivity (Wildman–Crippen MR) is 93.1 cm³/mol. The van der Waals surface area contributed by atoms with Gasteiger partial charge in [0.25, 0.3) is 12.3 Å². The van der Waals surface area contributed by atoms with Crippen molar-refractivity contribution in [1.82, 2.24) is 14.8 Å². The van der Waals surface area contributed by atoms with Crippen molar-refractivity contribution in [2.75, 3.05) is 0 Å². The van der Waals surface area contributed by atoms with Crippen LogP contribution >= 0.6 is 0 Å². The van der Waals surface area contributed by atoms with Gasteiger partial charge in [0.05, 0.1) is 11.6 Å². The van der Waals surface area contributed by atoms with Crippen molar-refractivity contribution in [3.8, 4) is 0 Å². The quantitative estimate of drug-likeness (QED) is 0.563. The Morgan fingerprint density at radius 3 is 2.85 bits per heavy atom. The van der Waals surface area contributed by atoms with E-state index in [1.807, 2.05) is 24.3 Å². The molecule has 7 heteroatoms. The van der Waals surface area contributed by atoms with Crippen molar-refractivity contribution in [1.29, 1.82) is 0 Å². The number of hydrogen-bond donors (Lipinski definition) is 0. The lowest BCUT2D eigenvalue weighted by Gasteiger charge is -2.33. The Kier molecular flexibility index (Phi) is 5.16. The topological polar surface area (TPSA) is 47.4 Å². The van der Waals surface area contributed by atoms with Gasteiger partial charge in [-0.1, -0.05) is 37.4 Å². The third-order valence-corrected chi connectivity index (χ3v) is 4.39. The van der Waals surface area contributed by atoms with Crippen LogP contribution in [0, 0.1) is 0 Å². The molecule has 1 atom stereocenters. The minimum atomic E-state index is -2.89. The molecule has 1 amide bonds. The van der Waals surface area contributed by atoms with Crippen molar-refractivity contribution in [3.05, 3.63) is 72.3 Å². The van der Waals surface area contributed by atoms with Crippen LogP contribution in [0.3, 0.4) is 0 Å². The van der Waals surface area contributed by atoms with Crippen molar-refractivity contribution in [2.45, 2.75) is 31.7 Å². The van der Waals surface area contributed by atoms with Gasteiger partial charge in [0.1, 0.15) is 12.0 Å². The van der Waals surface area contributed by atoms with Gasteiger partial charge in [-0.2, -0.15) is 10.2 Å². The summed E-state index contributed by atoms with van der Waals surface area (Å²) in [6.07, 6.45) is 3.13. The molecule has 2 aromatic rings. The fourth-order valence-electron chi connectivity index (χ4n) is 3.26. The summed E-state index contributed by atoms with van der Waals surface area (Å²) >= 11 is 0. The normalized spacial score (nSPS) is 16.0. The van der Waals surface area contributed by atoms with Gasteiger partial charge >= 0.3 is 0 Å². The molecule has 1 aliphatic carbocycles. The number of benzene rings is 1. The molecule has 136 valence electrons. The number of aryl methyl sites for hydroxylation is 1. The van der Waals surface area contributed by atoms with Gasteiger partial charge < -0.3 is 4.84 Å². The third-order valence-electron chi connectivity index (χ3n) is 4.39. The maximum absolute atomic E-state index is 13.3. The second-order valence-electron chi connectivity index (χ2n) is 5.90. The van der Waals surface area contributed by atoms with Crippen molar-refractivity contribution < 1.29 is 18.4 Å². The molecule has 1 unspecified atom stereocenters. The highest BCUT2D eigenvalue weighted by atomic mass is 19.3. The summed E-state index contributed by atoms with van der Waals surface area (Å²) in [5.41, 5.74) is 1.25. The second kappa shape index (κ2) is 7.51. The summed E-state index contributed by atoms with van der Waals surface area (Å²) in [7, 11) is 0. The molecule has 0 spiro atoms. The van der Waals surface area contributed by atoms with E-state index in [-0.39, 0.29) is 11.6 Å². The Morgan fingerprint density at radius 1 is 1.38 bits per heavy atom. The van der Waals surface area contributed by atoms with E-state index in [0.717, 1.165) is 40.0 Å². The molecule has 0 saturated carbocycles. The van der Waals surface area contributed by atoms with Crippen LogP contribution < -0.4 is 0 Å². The smallest absolute Gasteiger partial charge is 0.290 e. The number of nitrogens with zero attached hydrogens (tertiary/aromatic N) is 3. The van der Waals surface area contributed by atoms with Gasteiger partial charge in [-0.05, 0) is 30.4 Å². The molecule has 5 nitrogen and oxygen atoms in total. The average molecular weight is 359 g/mol. The van der Waals surface area contributed by atoms with Crippen LogP contribution in [-0.4, -0.2) is 20.8 Å². The first-order valence-electron chi connectivity index (χ1n) is 8.25. The number of alkyl halides is 2. The molecule has 1 aromatic heterocycles. The minimum Gasteiger partial charge on any atom is -0.384 e. The SMILES string of the molecule is C=CON(C(=O)c1cn(C=C)nc1C(F)F)C1CCCc2ccccc21. The second-order valence-corrected chi connectivity index (χ2v) is 5.90. The fraction of sp³-hybridized carbons (Fsp3) is 0.263. The maximum atomic E-state index is 13.3. The number of hydrogen-bond acceptors (Lipinski definition) is 3. The van der Waals surface area contributed by atoms with Gasteiger partial charge in [0.15, 0.2) is 0 Å². The van der Waals surface area contributed by atoms with E-state index >= 15 is 0 Å². The summed E-state index contributed by atoms with van der Waals surface area (Å²) in [5, 5.41) is 4.81. The number of amides is 1. The van der Waals surface area contributed by atoms with E-state index in [2.05, 4.69) is 18.3 Å². The highest BCUT2D eigenvalue weighted by molar-refractivity contribution is 5.95. The number of carbonyl (C=O) groups is 1. The molecular formula is C19H19F2N3O2. The van der Waals surface area contributed by atoms with Gasteiger partial charge in [0, 0.05) is 12.4 Å². The lowest BCUT2D eigenvalue weighted by Crippen LogP contribution is -2.36. The maximum Gasteiger partial charge on any atom is 0.290 e. The molecule has 0 aliphatic heterocycles. The first kappa shape index (κ1) is 17.8. The zero-order chi connectivity index (χ0) is 18.7. The molecule has 0 N–H and O–H groups in total. The summed E-state index contributed by atoms with van der Waals surface area (Å²) < 4.78 is 27.7. The first-order valence-corrected chi connectivity index (χ1v) is 8.25. The number of aromatic nitrogens is 2. The van der Waals surface area contributed by atoms with E-state index in [4.69, 9.17) is 4.84 Å². The minimum absolute atomic E-state index is 0.218.